The first-order valence-electron chi connectivity index (χ1n) is 0.200. The third-order valence-electron chi connectivity index (χ3n) is 0. The summed E-state index contributed by atoms with van der Waals surface area (Å²) in [6, 6.07) is 0. The van der Waals surface area contributed by atoms with Gasteiger partial charge in [-0.3, -0.25) is 0 Å². The Bertz CT molecular complexity index is 4.00. The van der Waals surface area contributed by atoms with Crippen LogP contribution in [0.1, 0.15) is 0 Å². The molecule has 0 bridgehead atoms. The largest absolute Gasteiger partial charge is 0.115 e. The fourth-order valence-corrected chi connectivity index (χ4v) is 0. The second-order valence-electron chi connectivity index (χ2n) is 0. The minimum absolute atomic E-state index is 0. The molecule has 0 aromatic heterocycles. The van der Waals surface area contributed by atoms with E-state index in [1.807, 2.05) is 0 Å². The monoisotopic (exact) mass is 178 g/mol. The molecular formula is H2Fe2S2. The minimum atomic E-state index is 0. The molecule has 0 fully saturated rings. The molecule has 4 heteroatoms. The van der Waals surface area contributed by atoms with Crippen LogP contribution in [0.25, 0.3) is 0 Å². The first kappa shape index (κ1) is 17.2. The molecule has 0 nitrogen and oxygen atoms in total. The molecule has 0 spiro atoms. The average molecular weight is 178 g/mol. The van der Waals surface area contributed by atoms with Gasteiger partial charge in [-0.2, -0.15) is 0 Å². The van der Waals surface area contributed by atoms with Crippen LogP contribution < -0.4 is 0 Å². The summed E-state index contributed by atoms with van der Waals surface area (Å²) in [6.45, 7) is 0. The van der Waals surface area contributed by atoms with Crippen molar-refractivity contribution < 1.29 is 34.1 Å². The van der Waals surface area contributed by atoms with E-state index in [4.69, 9.17) is 0 Å². The Morgan fingerprint density at radius 3 is 0.750 bits per heavy atom. The molecule has 0 radical (unpaired) electrons. The fourth-order valence-electron chi connectivity index (χ4n) is 0. The van der Waals surface area contributed by atoms with Gasteiger partial charge in [-0.25, -0.2) is 0 Å². The molecule has 0 aliphatic heterocycles. The van der Waals surface area contributed by atoms with Crippen molar-refractivity contribution in [3.05, 3.63) is 0 Å². The molecule has 0 atom stereocenters. The van der Waals surface area contributed by atoms with Crippen LogP contribution in [-0.4, -0.2) is 0 Å². The zero-order valence-corrected chi connectivity index (χ0v) is 5.60. The van der Waals surface area contributed by atoms with Crippen LogP contribution in [0.3, 0.4) is 0 Å². The van der Waals surface area contributed by atoms with Crippen LogP contribution in [0.4, 0.5) is 0 Å². The van der Waals surface area contributed by atoms with Crippen molar-refractivity contribution in [1.82, 2.24) is 0 Å². The zero-order valence-electron chi connectivity index (χ0n) is 1.60. The second-order valence-corrected chi connectivity index (χ2v) is 0. The Kier molecular flexibility index (Phi) is 94.1. The van der Waals surface area contributed by atoms with E-state index in [1.54, 1.807) is 0 Å². The summed E-state index contributed by atoms with van der Waals surface area (Å²) < 4.78 is 0. The predicted octanol–water partition coefficient (Wildman–Crippen LogP) is 0.756. The van der Waals surface area contributed by atoms with Crippen LogP contribution in [0.2, 0.25) is 0 Å². The second kappa shape index (κ2) is 21.9. The molecule has 4 heavy (non-hydrogen) atoms. The van der Waals surface area contributed by atoms with Gasteiger partial charge in [0.1, 0.15) is 0 Å². The SMILES string of the molecule is SS.[Fe].[Fe]. The zero-order chi connectivity index (χ0) is 2.00. The standard InChI is InChI=1S/2Fe.H2S2/c;;1-2/h;;1-2H. The normalized spacial score (nSPS) is 1.50. The van der Waals surface area contributed by atoms with Crippen LogP contribution in [0.15, 0.2) is 0 Å². The third kappa shape index (κ3) is 9.28. The molecule has 0 aliphatic rings. The van der Waals surface area contributed by atoms with E-state index in [0.717, 1.165) is 0 Å². The minimum Gasteiger partial charge on any atom is -0.115 e. The Balaban J connectivity index is -0.00000000500. The molecule has 0 N–H and O–H groups in total. The van der Waals surface area contributed by atoms with Gasteiger partial charge in [-0.05, 0) is 0 Å². The Morgan fingerprint density at radius 2 is 0.750 bits per heavy atom. The molecule has 0 aromatic carbocycles. The van der Waals surface area contributed by atoms with Gasteiger partial charge in [-0.15, -0.1) is 23.3 Å². The van der Waals surface area contributed by atoms with E-state index in [0.29, 0.717) is 0 Å². The summed E-state index contributed by atoms with van der Waals surface area (Å²) in [7, 11) is 0. The van der Waals surface area contributed by atoms with Crippen LogP contribution >= 0.6 is 23.3 Å². The smallest absolute Gasteiger partial charge is 0 e. The molecule has 0 aromatic rings. The van der Waals surface area contributed by atoms with E-state index >= 15 is 0 Å². The van der Waals surface area contributed by atoms with Crippen molar-refractivity contribution in [2.45, 2.75) is 0 Å². The molecule has 0 saturated carbocycles. The molecule has 0 amide bonds. The van der Waals surface area contributed by atoms with Crippen molar-refractivity contribution in [1.29, 1.82) is 0 Å². The van der Waals surface area contributed by atoms with Gasteiger partial charge in [0.05, 0.1) is 0 Å². The summed E-state index contributed by atoms with van der Waals surface area (Å²) in [6.07, 6.45) is 0. The summed E-state index contributed by atoms with van der Waals surface area (Å²) in [5, 5.41) is 0. The average Bonchev–Trinajstić information content (AvgIpc) is 1.00. The van der Waals surface area contributed by atoms with Crippen LogP contribution in [-0.2, 0) is 34.1 Å². The summed E-state index contributed by atoms with van der Waals surface area (Å²) in [5.74, 6) is 0. The summed E-state index contributed by atoms with van der Waals surface area (Å²) in [5.41, 5.74) is 0. The molecular weight excluding hydrogens is 176 g/mol. The van der Waals surface area contributed by atoms with Gasteiger partial charge < -0.3 is 0 Å². The first-order valence-corrected chi connectivity index (χ1v) is 1.80. The van der Waals surface area contributed by atoms with Crippen molar-refractivity contribution in [3.63, 3.8) is 0 Å². The Hall–Kier alpha value is 1.74. The van der Waals surface area contributed by atoms with E-state index in [9.17, 15) is 0 Å². The maximum atomic E-state index is 3.22. The van der Waals surface area contributed by atoms with Crippen molar-refractivity contribution in [2.75, 3.05) is 0 Å². The number of rotatable bonds is 0. The number of thiol groups is 2. The van der Waals surface area contributed by atoms with Crippen molar-refractivity contribution in [3.8, 4) is 0 Å². The van der Waals surface area contributed by atoms with Crippen LogP contribution in [0, 0.1) is 0 Å². The summed E-state index contributed by atoms with van der Waals surface area (Å²) in [4.78, 5) is 0. The van der Waals surface area contributed by atoms with Gasteiger partial charge in [0.2, 0.25) is 0 Å². The third-order valence-corrected chi connectivity index (χ3v) is 0. The van der Waals surface area contributed by atoms with Gasteiger partial charge in [0.25, 0.3) is 0 Å². The van der Waals surface area contributed by atoms with E-state index < -0.39 is 0 Å². The first-order chi connectivity index (χ1) is 1.00. The predicted molar refractivity (Wildman–Crippen MR) is 18.0 cm³/mol. The van der Waals surface area contributed by atoms with Crippen molar-refractivity contribution in [2.24, 2.45) is 0 Å². The Labute approximate surface area is 57.3 Å². The van der Waals surface area contributed by atoms with E-state index in [-0.39, 0.29) is 34.1 Å². The number of hydrogen-bond acceptors (Lipinski definition) is 2. The summed E-state index contributed by atoms with van der Waals surface area (Å²) >= 11 is 6.44. The van der Waals surface area contributed by atoms with Gasteiger partial charge in [0.15, 0.2) is 0 Å². The molecule has 0 heterocycles. The fraction of sp³-hybridized carbons (Fsp3) is 0. The quantitative estimate of drug-likeness (QED) is 0.305. The maximum Gasteiger partial charge on any atom is 0 e. The maximum absolute atomic E-state index is 3.22. The molecule has 0 aliphatic carbocycles. The topological polar surface area (TPSA) is 0 Å². The van der Waals surface area contributed by atoms with Gasteiger partial charge >= 0.3 is 0 Å². The van der Waals surface area contributed by atoms with E-state index in [1.165, 1.54) is 0 Å². The molecule has 30 valence electrons. The van der Waals surface area contributed by atoms with Gasteiger partial charge in [0, 0.05) is 34.1 Å². The van der Waals surface area contributed by atoms with Gasteiger partial charge in [-0.1, -0.05) is 0 Å². The van der Waals surface area contributed by atoms with E-state index in [2.05, 4.69) is 23.3 Å². The molecule has 0 unspecified atom stereocenters. The molecule has 0 rings (SSSR count). The van der Waals surface area contributed by atoms with Crippen LogP contribution in [0.5, 0.6) is 0 Å². The Morgan fingerprint density at radius 1 is 0.750 bits per heavy atom. The number of hydrogen-bond donors (Lipinski definition) is 2. The van der Waals surface area contributed by atoms with Crippen molar-refractivity contribution >= 4 is 23.3 Å². The molecule has 0 saturated heterocycles.